The van der Waals surface area contributed by atoms with Gasteiger partial charge in [-0.15, -0.1) is 0 Å². The highest BCUT2D eigenvalue weighted by Crippen LogP contribution is 2.37. The zero-order chi connectivity index (χ0) is 18.2. The highest BCUT2D eigenvalue weighted by atomic mass is 35.5. The van der Waals surface area contributed by atoms with Crippen LogP contribution in [-0.4, -0.2) is 20.4 Å². The molecule has 0 aliphatic heterocycles. The Bertz CT molecular complexity index is 929. The first kappa shape index (κ1) is 17.7. The van der Waals surface area contributed by atoms with E-state index in [-0.39, 0.29) is 27.6 Å². The Morgan fingerprint density at radius 2 is 1.96 bits per heavy atom. The predicted octanol–water partition coefficient (Wildman–Crippen LogP) is 3.80. The lowest BCUT2D eigenvalue weighted by atomic mass is 10.2. The number of amides is 1. The van der Waals surface area contributed by atoms with E-state index in [9.17, 15) is 17.6 Å². The molecule has 5 nitrogen and oxygen atoms in total. The van der Waals surface area contributed by atoms with Crippen molar-refractivity contribution in [1.82, 2.24) is 0 Å². The molecule has 8 heteroatoms. The van der Waals surface area contributed by atoms with Crippen LogP contribution in [0.3, 0.4) is 0 Å². The number of carbonyl (C=O) groups is 1. The van der Waals surface area contributed by atoms with E-state index in [0.29, 0.717) is 5.69 Å². The SMILES string of the molecule is CC(=O)N(c1ccc(F)cc1NS(=O)(=O)c1cccc(Cl)c1)C1CC1. The van der Waals surface area contributed by atoms with E-state index in [0.717, 1.165) is 18.9 Å². The van der Waals surface area contributed by atoms with Crippen molar-refractivity contribution in [1.29, 1.82) is 0 Å². The van der Waals surface area contributed by atoms with Gasteiger partial charge >= 0.3 is 0 Å². The minimum atomic E-state index is -3.98. The summed E-state index contributed by atoms with van der Waals surface area (Å²) in [5.41, 5.74) is 0.351. The number of benzene rings is 2. The maximum atomic E-state index is 13.7. The third-order valence-electron chi connectivity index (χ3n) is 3.82. The van der Waals surface area contributed by atoms with Crippen LogP contribution in [0.25, 0.3) is 0 Å². The number of nitrogens with zero attached hydrogens (tertiary/aromatic N) is 1. The molecule has 0 bridgehead atoms. The number of sulfonamides is 1. The topological polar surface area (TPSA) is 66.5 Å². The fourth-order valence-electron chi connectivity index (χ4n) is 2.59. The molecule has 1 aliphatic rings. The first-order valence-electron chi connectivity index (χ1n) is 7.65. The van der Waals surface area contributed by atoms with Crippen LogP contribution in [0.2, 0.25) is 5.02 Å². The number of carbonyl (C=O) groups excluding carboxylic acids is 1. The highest BCUT2D eigenvalue weighted by Gasteiger charge is 2.34. The molecule has 2 aromatic carbocycles. The van der Waals surface area contributed by atoms with E-state index < -0.39 is 15.8 Å². The molecule has 0 unspecified atom stereocenters. The largest absolute Gasteiger partial charge is 0.308 e. The second-order valence-electron chi connectivity index (χ2n) is 5.84. The quantitative estimate of drug-likeness (QED) is 0.855. The van der Waals surface area contributed by atoms with Crippen molar-refractivity contribution in [3.05, 3.63) is 53.3 Å². The molecular formula is C17H16ClFN2O3S. The second kappa shape index (κ2) is 6.65. The molecule has 0 spiro atoms. The summed E-state index contributed by atoms with van der Waals surface area (Å²) in [6.07, 6.45) is 1.66. The molecule has 3 rings (SSSR count). The standard InChI is InChI=1S/C17H16ClFN2O3S/c1-11(22)21(14-6-7-14)17-8-5-13(19)10-16(17)20-25(23,24)15-4-2-3-12(18)9-15/h2-5,8-10,14,20H,6-7H2,1H3. The molecular weight excluding hydrogens is 367 g/mol. The molecule has 0 radical (unpaired) electrons. The molecule has 2 aromatic rings. The van der Waals surface area contributed by atoms with Crippen LogP contribution in [0.4, 0.5) is 15.8 Å². The Morgan fingerprint density at radius 1 is 1.24 bits per heavy atom. The van der Waals surface area contributed by atoms with Crippen LogP contribution in [0.15, 0.2) is 47.4 Å². The number of anilines is 2. The molecule has 0 atom stereocenters. The summed E-state index contributed by atoms with van der Waals surface area (Å²) in [7, 11) is -3.98. The van der Waals surface area contributed by atoms with Crippen LogP contribution in [0.5, 0.6) is 0 Å². The molecule has 0 saturated heterocycles. The van der Waals surface area contributed by atoms with Crippen LogP contribution in [-0.2, 0) is 14.8 Å². The Labute approximate surface area is 150 Å². The van der Waals surface area contributed by atoms with Gasteiger partial charge in [0.25, 0.3) is 10.0 Å². The lowest BCUT2D eigenvalue weighted by Gasteiger charge is -2.24. The van der Waals surface area contributed by atoms with Gasteiger partial charge in [0.1, 0.15) is 5.82 Å². The van der Waals surface area contributed by atoms with Gasteiger partial charge in [-0.25, -0.2) is 12.8 Å². The molecule has 0 heterocycles. The average Bonchev–Trinajstić information content (AvgIpc) is 3.34. The van der Waals surface area contributed by atoms with Crippen molar-refractivity contribution in [3.63, 3.8) is 0 Å². The van der Waals surface area contributed by atoms with E-state index in [4.69, 9.17) is 11.6 Å². The number of hydrogen-bond donors (Lipinski definition) is 1. The van der Waals surface area contributed by atoms with Gasteiger partial charge in [0.2, 0.25) is 5.91 Å². The van der Waals surface area contributed by atoms with Gasteiger partial charge in [-0.2, -0.15) is 0 Å². The van der Waals surface area contributed by atoms with Gasteiger partial charge in [0, 0.05) is 24.1 Å². The smallest absolute Gasteiger partial charge is 0.262 e. The van der Waals surface area contributed by atoms with E-state index in [1.807, 2.05) is 0 Å². The molecule has 25 heavy (non-hydrogen) atoms. The van der Waals surface area contributed by atoms with Gasteiger partial charge in [-0.05, 0) is 43.2 Å². The molecule has 1 N–H and O–H groups in total. The van der Waals surface area contributed by atoms with Gasteiger partial charge < -0.3 is 4.90 Å². The number of halogens is 2. The van der Waals surface area contributed by atoms with Crippen molar-refractivity contribution >= 4 is 38.9 Å². The maximum absolute atomic E-state index is 13.7. The van der Waals surface area contributed by atoms with Gasteiger partial charge in [0.05, 0.1) is 16.3 Å². The van der Waals surface area contributed by atoms with Crippen molar-refractivity contribution < 1.29 is 17.6 Å². The zero-order valence-electron chi connectivity index (χ0n) is 13.4. The van der Waals surface area contributed by atoms with E-state index in [2.05, 4.69) is 4.72 Å². The van der Waals surface area contributed by atoms with Crippen LogP contribution < -0.4 is 9.62 Å². The third kappa shape index (κ3) is 3.93. The number of rotatable bonds is 5. The predicted molar refractivity (Wildman–Crippen MR) is 94.8 cm³/mol. The number of nitrogens with one attached hydrogen (secondary N) is 1. The summed E-state index contributed by atoms with van der Waals surface area (Å²) < 4.78 is 41.3. The summed E-state index contributed by atoms with van der Waals surface area (Å²) in [6.45, 7) is 1.40. The van der Waals surface area contributed by atoms with Crippen molar-refractivity contribution in [2.75, 3.05) is 9.62 Å². The van der Waals surface area contributed by atoms with Crippen LogP contribution in [0.1, 0.15) is 19.8 Å². The van der Waals surface area contributed by atoms with Crippen molar-refractivity contribution in [3.8, 4) is 0 Å². The fourth-order valence-corrected chi connectivity index (χ4v) is 3.96. The molecule has 1 fully saturated rings. The van der Waals surface area contributed by atoms with Crippen LogP contribution >= 0.6 is 11.6 Å². The minimum Gasteiger partial charge on any atom is -0.308 e. The molecule has 1 saturated carbocycles. The average molecular weight is 383 g/mol. The van der Waals surface area contributed by atoms with Gasteiger partial charge in [0.15, 0.2) is 0 Å². The first-order valence-corrected chi connectivity index (χ1v) is 9.52. The highest BCUT2D eigenvalue weighted by molar-refractivity contribution is 7.92. The van der Waals surface area contributed by atoms with Crippen molar-refractivity contribution in [2.24, 2.45) is 0 Å². The Kier molecular flexibility index (Phi) is 4.71. The monoisotopic (exact) mass is 382 g/mol. The molecule has 132 valence electrons. The molecule has 0 aromatic heterocycles. The summed E-state index contributed by atoms with van der Waals surface area (Å²) in [4.78, 5) is 13.4. The summed E-state index contributed by atoms with van der Waals surface area (Å²) in [5, 5.41) is 0.269. The zero-order valence-corrected chi connectivity index (χ0v) is 14.9. The fraction of sp³-hybridized carbons (Fsp3) is 0.235. The second-order valence-corrected chi connectivity index (χ2v) is 7.96. The van der Waals surface area contributed by atoms with Crippen LogP contribution in [0, 0.1) is 5.82 Å². The van der Waals surface area contributed by atoms with E-state index in [1.54, 1.807) is 6.07 Å². The van der Waals surface area contributed by atoms with E-state index >= 15 is 0 Å². The maximum Gasteiger partial charge on any atom is 0.262 e. The van der Waals surface area contributed by atoms with Gasteiger partial charge in [-0.1, -0.05) is 17.7 Å². The van der Waals surface area contributed by atoms with Gasteiger partial charge in [-0.3, -0.25) is 9.52 Å². The minimum absolute atomic E-state index is 0.0115. The number of hydrogen-bond acceptors (Lipinski definition) is 3. The van der Waals surface area contributed by atoms with Crippen molar-refractivity contribution in [2.45, 2.75) is 30.7 Å². The third-order valence-corrected chi connectivity index (χ3v) is 5.42. The Morgan fingerprint density at radius 3 is 2.56 bits per heavy atom. The Balaban J connectivity index is 2.02. The summed E-state index contributed by atoms with van der Waals surface area (Å²) in [5.74, 6) is -0.829. The first-order chi connectivity index (χ1) is 11.8. The molecule has 1 aliphatic carbocycles. The lowest BCUT2D eigenvalue weighted by Crippen LogP contribution is -2.31. The van der Waals surface area contributed by atoms with E-state index in [1.165, 1.54) is 42.2 Å². The normalized spacial score (nSPS) is 14.2. The lowest BCUT2D eigenvalue weighted by molar-refractivity contribution is -0.116. The summed E-state index contributed by atoms with van der Waals surface area (Å²) >= 11 is 5.85. The molecule has 1 amide bonds. The Hall–Kier alpha value is -2.12. The summed E-state index contributed by atoms with van der Waals surface area (Å²) in [6, 6.07) is 9.43.